The standard InChI is InChI=1S/C26H24Cl2N2O5/c1-16-4-3-5-20(12-16)33-11-10-30-22-8-7-19(14-24(22)35-17(2)26(30)32)29-25(31)15-34-23-9-6-18(27)13-21(23)28/h3-9,12-14,17H,10-11,15H2,1-2H3,(H,29,31). The third-order valence-electron chi connectivity index (χ3n) is 5.28. The van der Waals surface area contributed by atoms with Crippen molar-refractivity contribution in [2.75, 3.05) is 30.0 Å². The lowest BCUT2D eigenvalue weighted by atomic mass is 10.1. The van der Waals surface area contributed by atoms with E-state index in [-0.39, 0.29) is 18.4 Å². The molecule has 0 radical (unpaired) electrons. The van der Waals surface area contributed by atoms with E-state index in [0.717, 1.165) is 11.3 Å². The van der Waals surface area contributed by atoms with Gasteiger partial charge in [-0.25, -0.2) is 0 Å². The molecule has 1 aliphatic heterocycles. The Morgan fingerprint density at radius 2 is 1.91 bits per heavy atom. The number of fused-ring (bicyclic) bond motifs is 1. The van der Waals surface area contributed by atoms with Crippen LogP contribution in [0.1, 0.15) is 12.5 Å². The van der Waals surface area contributed by atoms with Crippen LogP contribution in [0.2, 0.25) is 10.0 Å². The molecular weight excluding hydrogens is 491 g/mol. The van der Waals surface area contributed by atoms with Crippen LogP contribution in [-0.4, -0.2) is 37.7 Å². The molecule has 0 fully saturated rings. The highest BCUT2D eigenvalue weighted by atomic mass is 35.5. The molecule has 0 saturated heterocycles. The summed E-state index contributed by atoms with van der Waals surface area (Å²) in [5.74, 6) is 1.07. The van der Waals surface area contributed by atoms with Gasteiger partial charge in [0.25, 0.3) is 11.8 Å². The maximum Gasteiger partial charge on any atom is 0.267 e. The molecule has 9 heteroatoms. The van der Waals surface area contributed by atoms with E-state index in [9.17, 15) is 9.59 Å². The summed E-state index contributed by atoms with van der Waals surface area (Å²) in [6.07, 6.45) is -0.664. The minimum Gasteiger partial charge on any atom is -0.492 e. The summed E-state index contributed by atoms with van der Waals surface area (Å²) in [5.41, 5.74) is 2.22. The van der Waals surface area contributed by atoms with Crippen molar-refractivity contribution in [2.45, 2.75) is 20.0 Å². The van der Waals surface area contributed by atoms with Crippen LogP contribution in [-0.2, 0) is 9.59 Å². The van der Waals surface area contributed by atoms with E-state index in [0.29, 0.717) is 46.1 Å². The number of nitrogens with zero attached hydrogens (tertiary/aromatic N) is 1. The Morgan fingerprint density at radius 1 is 1.09 bits per heavy atom. The van der Waals surface area contributed by atoms with Crippen molar-refractivity contribution in [3.63, 3.8) is 0 Å². The van der Waals surface area contributed by atoms with Gasteiger partial charge < -0.3 is 24.4 Å². The molecule has 0 bridgehead atoms. The molecule has 1 atom stereocenters. The highest BCUT2D eigenvalue weighted by Crippen LogP contribution is 2.36. The van der Waals surface area contributed by atoms with Crippen LogP contribution in [0, 0.1) is 6.92 Å². The zero-order valence-corrected chi connectivity index (χ0v) is 20.7. The third-order valence-corrected chi connectivity index (χ3v) is 5.81. The first-order valence-corrected chi connectivity index (χ1v) is 11.7. The second kappa shape index (κ2) is 10.9. The molecular formula is C26H24Cl2N2O5. The average molecular weight is 515 g/mol. The first-order chi connectivity index (χ1) is 16.8. The van der Waals surface area contributed by atoms with Crippen LogP contribution in [0.15, 0.2) is 60.7 Å². The predicted molar refractivity (Wildman–Crippen MR) is 136 cm³/mol. The van der Waals surface area contributed by atoms with Gasteiger partial charge in [0.15, 0.2) is 12.7 Å². The van der Waals surface area contributed by atoms with Crippen LogP contribution in [0.25, 0.3) is 0 Å². The maximum absolute atomic E-state index is 12.8. The summed E-state index contributed by atoms with van der Waals surface area (Å²) >= 11 is 11.9. The number of amides is 2. The normalized spacial score (nSPS) is 14.7. The van der Waals surface area contributed by atoms with E-state index < -0.39 is 6.10 Å². The minimum atomic E-state index is -0.664. The summed E-state index contributed by atoms with van der Waals surface area (Å²) < 4.78 is 17.1. The van der Waals surface area contributed by atoms with Gasteiger partial charge in [-0.2, -0.15) is 0 Å². The monoisotopic (exact) mass is 514 g/mol. The van der Waals surface area contributed by atoms with Crippen molar-refractivity contribution in [3.05, 3.63) is 76.3 Å². The second-order valence-electron chi connectivity index (χ2n) is 8.01. The molecule has 0 saturated carbocycles. The number of carbonyl (C=O) groups is 2. The van der Waals surface area contributed by atoms with Gasteiger partial charge in [-0.1, -0.05) is 35.3 Å². The summed E-state index contributed by atoms with van der Waals surface area (Å²) in [4.78, 5) is 26.8. The summed E-state index contributed by atoms with van der Waals surface area (Å²) in [6, 6.07) is 17.6. The van der Waals surface area contributed by atoms with E-state index in [1.165, 1.54) is 6.07 Å². The Labute approximate surface area is 213 Å². The first-order valence-electron chi connectivity index (χ1n) is 11.0. The molecule has 7 nitrogen and oxygen atoms in total. The van der Waals surface area contributed by atoms with Gasteiger partial charge in [0.05, 0.1) is 17.3 Å². The smallest absolute Gasteiger partial charge is 0.267 e. The molecule has 1 heterocycles. The molecule has 2 amide bonds. The number of hydrogen-bond acceptors (Lipinski definition) is 5. The van der Waals surface area contributed by atoms with Crippen LogP contribution >= 0.6 is 23.2 Å². The average Bonchev–Trinajstić information content (AvgIpc) is 2.81. The van der Waals surface area contributed by atoms with Crippen LogP contribution in [0.3, 0.4) is 0 Å². The van der Waals surface area contributed by atoms with E-state index in [1.54, 1.807) is 42.2 Å². The Morgan fingerprint density at radius 3 is 2.69 bits per heavy atom. The van der Waals surface area contributed by atoms with Gasteiger partial charge in [-0.3, -0.25) is 9.59 Å². The Bertz CT molecular complexity index is 1250. The lowest BCUT2D eigenvalue weighted by Crippen LogP contribution is -2.46. The quantitative estimate of drug-likeness (QED) is 0.428. The van der Waals surface area contributed by atoms with E-state index in [2.05, 4.69) is 5.32 Å². The topological polar surface area (TPSA) is 77.1 Å². The molecule has 1 aliphatic rings. The van der Waals surface area contributed by atoms with Crippen LogP contribution in [0.5, 0.6) is 17.2 Å². The number of ether oxygens (including phenoxy) is 3. The van der Waals surface area contributed by atoms with Gasteiger partial charge in [-0.05, 0) is 61.9 Å². The van der Waals surface area contributed by atoms with E-state index in [1.807, 2.05) is 31.2 Å². The van der Waals surface area contributed by atoms with Crippen molar-refractivity contribution in [2.24, 2.45) is 0 Å². The zero-order valence-electron chi connectivity index (χ0n) is 19.2. The number of halogens is 2. The molecule has 0 aromatic heterocycles. The summed E-state index contributed by atoms with van der Waals surface area (Å²) in [6.45, 7) is 4.12. The van der Waals surface area contributed by atoms with Crippen LogP contribution in [0.4, 0.5) is 11.4 Å². The number of rotatable bonds is 8. The number of aryl methyl sites for hydroxylation is 1. The van der Waals surface area contributed by atoms with E-state index >= 15 is 0 Å². The molecule has 1 unspecified atom stereocenters. The molecule has 0 spiro atoms. The summed E-state index contributed by atoms with van der Waals surface area (Å²) in [7, 11) is 0. The van der Waals surface area contributed by atoms with Gasteiger partial charge in [-0.15, -0.1) is 0 Å². The number of anilines is 2. The molecule has 0 aliphatic carbocycles. The van der Waals surface area contributed by atoms with Gasteiger partial charge in [0, 0.05) is 16.8 Å². The fourth-order valence-corrected chi connectivity index (χ4v) is 4.07. The molecule has 3 aromatic rings. The van der Waals surface area contributed by atoms with Gasteiger partial charge >= 0.3 is 0 Å². The predicted octanol–water partition coefficient (Wildman–Crippen LogP) is 5.51. The Balaban J connectivity index is 1.39. The number of hydrogen-bond donors (Lipinski definition) is 1. The van der Waals surface area contributed by atoms with Gasteiger partial charge in [0.1, 0.15) is 23.9 Å². The number of carbonyl (C=O) groups excluding carboxylic acids is 2. The fourth-order valence-electron chi connectivity index (χ4n) is 3.61. The van der Waals surface area contributed by atoms with E-state index in [4.69, 9.17) is 37.4 Å². The van der Waals surface area contributed by atoms with Crippen molar-refractivity contribution in [1.82, 2.24) is 0 Å². The molecule has 1 N–H and O–H groups in total. The van der Waals surface area contributed by atoms with Gasteiger partial charge in [0.2, 0.25) is 0 Å². The van der Waals surface area contributed by atoms with Crippen LogP contribution < -0.4 is 24.4 Å². The lowest BCUT2D eigenvalue weighted by molar-refractivity contribution is -0.125. The second-order valence-corrected chi connectivity index (χ2v) is 8.85. The molecule has 182 valence electrons. The van der Waals surface area contributed by atoms with Crippen molar-refractivity contribution >= 4 is 46.4 Å². The SMILES string of the molecule is Cc1cccc(OCCN2C(=O)C(C)Oc3cc(NC(=O)COc4ccc(Cl)cc4Cl)ccc32)c1. The highest BCUT2D eigenvalue weighted by molar-refractivity contribution is 6.35. The molecule has 3 aromatic carbocycles. The maximum atomic E-state index is 12.8. The van der Waals surface area contributed by atoms with Crippen molar-refractivity contribution in [3.8, 4) is 17.2 Å². The Kier molecular flexibility index (Phi) is 7.68. The largest absolute Gasteiger partial charge is 0.492 e. The molecule has 35 heavy (non-hydrogen) atoms. The zero-order chi connectivity index (χ0) is 24.9. The summed E-state index contributed by atoms with van der Waals surface area (Å²) in [5, 5.41) is 3.56. The molecule has 4 rings (SSSR count). The lowest BCUT2D eigenvalue weighted by Gasteiger charge is -2.33. The highest BCUT2D eigenvalue weighted by Gasteiger charge is 2.31. The third kappa shape index (κ3) is 6.18. The number of nitrogens with one attached hydrogen (secondary N) is 1. The minimum absolute atomic E-state index is 0.157. The fraction of sp³-hybridized carbons (Fsp3) is 0.231. The van der Waals surface area contributed by atoms with Crippen molar-refractivity contribution < 1.29 is 23.8 Å². The number of benzene rings is 3. The Hall–Kier alpha value is -3.42. The van der Waals surface area contributed by atoms with Crippen molar-refractivity contribution in [1.29, 1.82) is 0 Å². The first kappa shape index (κ1) is 24.7.